The molecule has 0 aromatic carbocycles. The third-order valence-corrected chi connectivity index (χ3v) is 45.0. The van der Waals surface area contributed by atoms with Crippen LogP contribution in [-0.4, -0.2) is 45.0 Å². The van der Waals surface area contributed by atoms with Gasteiger partial charge in [0.25, 0.3) is 0 Å². The monoisotopic (exact) mass is 1770 g/mol. The molecule has 210 valence electrons. The van der Waals surface area contributed by atoms with E-state index in [1.54, 1.807) is 0 Å². The highest BCUT2D eigenvalue weighted by Crippen LogP contribution is 2.79. The van der Waals surface area contributed by atoms with Crippen LogP contribution in [0.3, 0.4) is 0 Å². The number of epoxide rings is 1. The Bertz CT molecular complexity index is 788. The maximum atomic E-state index is 5.47. The summed E-state index contributed by atoms with van der Waals surface area (Å²) in [6.07, 6.45) is 0.806. The van der Waals surface area contributed by atoms with Gasteiger partial charge in [-0.2, -0.15) is 0 Å². The molecule has 1 heterocycles. The second kappa shape index (κ2) is 13.8. The number of rotatable bonds is 10. The molecular formula is C14H8Br20O. The van der Waals surface area contributed by atoms with Gasteiger partial charge in [0, 0.05) is 6.42 Å². The fourth-order valence-electron chi connectivity index (χ4n) is 2.29. The summed E-state index contributed by atoms with van der Waals surface area (Å²) in [5.41, 5.74) is 0. The quantitative estimate of drug-likeness (QED) is 0.157. The van der Waals surface area contributed by atoms with Gasteiger partial charge < -0.3 is 4.74 Å². The summed E-state index contributed by atoms with van der Waals surface area (Å²) in [6.45, 7) is 2.69. The van der Waals surface area contributed by atoms with E-state index in [-0.39, 0.29) is 6.10 Å². The van der Waals surface area contributed by atoms with Crippen LogP contribution in [0.25, 0.3) is 0 Å². The van der Waals surface area contributed by atoms with Gasteiger partial charge in [-0.1, -0.05) is 319 Å². The van der Waals surface area contributed by atoms with E-state index >= 15 is 0 Å². The maximum absolute atomic E-state index is 5.47. The summed E-state index contributed by atoms with van der Waals surface area (Å²) >= 11 is 77.5. The van der Waals surface area contributed by atoms with Gasteiger partial charge in [0.05, 0.1) is 17.0 Å². The van der Waals surface area contributed by atoms with Crippen molar-refractivity contribution in [3.05, 3.63) is 0 Å². The van der Waals surface area contributed by atoms with Crippen LogP contribution < -0.4 is 0 Å². The first kappa shape index (κ1) is 42.6. The van der Waals surface area contributed by atoms with E-state index in [1.807, 2.05) is 6.92 Å². The molecule has 0 spiro atoms. The van der Waals surface area contributed by atoms with Gasteiger partial charge in [-0.05, 0) is 6.92 Å². The van der Waals surface area contributed by atoms with Crippen LogP contribution in [-0.2, 0) is 4.74 Å². The topological polar surface area (TPSA) is 12.5 Å². The fraction of sp³-hybridized carbons (Fsp3) is 1.00. The lowest BCUT2D eigenvalue weighted by atomic mass is 10.0. The van der Waals surface area contributed by atoms with Crippen molar-refractivity contribution in [3.63, 3.8) is 0 Å². The largest absolute Gasteiger partial charge is 0.373 e. The molecule has 1 saturated heterocycles. The Hall–Kier alpha value is 9.56. The summed E-state index contributed by atoms with van der Waals surface area (Å²) in [5, 5.41) is 0. The van der Waals surface area contributed by atoms with Crippen LogP contribution in [0.4, 0.5) is 0 Å². The molecule has 2 atom stereocenters. The average molecular weight is 1790 g/mol. The number of alkyl halides is 20. The molecule has 1 nitrogen and oxygen atoms in total. The zero-order chi connectivity index (χ0) is 28.7. The highest BCUT2D eigenvalue weighted by atomic mass is 80.0. The average Bonchev–Trinajstić information content (AvgIpc) is 3.42. The highest BCUT2D eigenvalue weighted by molar-refractivity contribution is 9.40. The molecule has 2 unspecified atom stereocenters. The molecule has 0 aromatic heterocycles. The third-order valence-electron chi connectivity index (χ3n) is 4.83. The normalized spacial score (nSPS) is 21.7. The summed E-state index contributed by atoms with van der Waals surface area (Å²) < 4.78 is -3.62. The summed E-state index contributed by atoms with van der Waals surface area (Å²) in [7, 11) is 0. The zero-order valence-corrected chi connectivity index (χ0v) is 47.7. The Balaban J connectivity index is 3.68. The van der Waals surface area contributed by atoms with Crippen LogP contribution in [0.15, 0.2) is 0 Å². The van der Waals surface area contributed by atoms with Crippen LogP contribution in [0.1, 0.15) is 13.3 Å². The van der Waals surface area contributed by atoms with Gasteiger partial charge in [-0.15, -0.1) is 0 Å². The fourth-order valence-corrected chi connectivity index (χ4v) is 21.6. The summed E-state index contributed by atoms with van der Waals surface area (Å²) in [4.78, 5) is 0. The Kier molecular flexibility index (Phi) is 16.8. The van der Waals surface area contributed by atoms with Crippen LogP contribution in [0, 0.1) is 0 Å². The Morgan fingerprint density at radius 3 is 1.00 bits per heavy atom. The molecule has 1 rings (SSSR count). The van der Waals surface area contributed by atoms with E-state index in [1.165, 1.54) is 0 Å². The summed E-state index contributed by atoms with van der Waals surface area (Å²) in [6, 6.07) is 0. The third kappa shape index (κ3) is 7.75. The first-order valence-electron chi connectivity index (χ1n) is 8.22. The SMILES string of the molecule is CC(Br)(C(Br)(Br)Br)C(Br)(Br)C(Br)(Br)C(Br)(Br)C(Br)(Br)C(Br)(Br)C(Br)(Br)C(Br)(Br)C(Br)(Br)CC1CO1. The molecule has 0 N–H and O–H groups in total. The molecule has 0 aromatic rings. The Morgan fingerprint density at radius 2 is 0.743 bits per heavy atom. The van der Waals surface area contributed by atoms with Gasteiger partial charge in [-0.3, -0.25) is 0 Å². The first-order valence-corrected chi connectivity index (χ1v) is 24.1. The maximum Gasteiger partial charge on any atom is 0.152 e. The number of hydrogen-bond donors (Lipinski definition) is 0. The van der Waals surface area contributed by atoms with Gasteiger partial charge in [-0.25, -0.2) is 0 Å². The minimum absolute atomic E-state index is 0.137. The summed E-state index contributed by atoms with van der Waals surface area (Å²) in [5.74, 6) is 0. The van der Waals surface area contributed by atoms with Gasteiger partial charge >= 0.3 is 0 Å². The standard InChI is InChI=1S/C14H8Br20O/c1-5(15,14(32,33)34)7(18,19)9(22,23)11(26,27)13(30,31)12(28,29)10(24,25)8(20,21)6(16,17)2-4-3-35-4/h4H,2-3H2,1H3. The van der Waals surface area contributed by atoms with Crippen molar-refractivity contribution < 1.29 is 4.74 Å². The van der Waals surface area contributed by atoms with Crippen molar-refractivity contribution >= 4 is 319 Å². The van der Waals surface area contributed by atoms with Gasteiger partial charge in [0.15, 0.2) is 2.14 Å². The molecule has 21 heteroatoms. The van der Waals surface area contributed by atoms with Crippen molar-refractivity contribution in [3.8, 4) is 0 Å². The molecule has 0 aliphatic carbocycles. The van der Waals surface area contributed by atoms with Crippen molar-refractivity contribution in [1.29, 1.82) is 0 Å². The highest BCUT2D eigenvalue weighted by Gasteiger charge is 2.79. The smallest absolute Gasteiger partial charge is 0.152 e. The van der Waals surface area contributed by atoms with Crippen LogP contribution in [0.5, 0.6) is 0 Å². The second-order valence-electron chi connectivity index (χ2n) is 7.39. The molecule has 35 heavy (non-hydrogen) atoms. The van der Waals surface area contributed by atoms with E-state index < -0.39 is 32.3 Å². The molecular weight excluding hydrogens is 1780 g/mol. The second-order valence-corrected chi connectivity index (χ2v) is 43.6. The van der Waals surface area contributed by atoms with Crippen LogP contribution in [0.2, 0.25) is 0 Å². The van der Waals surface area contributed by atoms with Crippen molar-refractivity contribution in [2.45, 2.75) is 51.8 Å². The predicted octanol–water partition coefficient (Wildman–Crippen LogP) is 15.7. The van der Waals surface area contributed by atoms with Gasteiger partial charge in [0.2, 0.25) is 0 Å². The molecule has 1 aliphatic heterocycles. The minimum Gasteiger partial charge on any atom is -0.373 e. The lowest BCUT2D eigenvalue weighted by Gasteiger charge is -2.60. The zero-order valence-electron chi connectivity index (χ0n) is 16.0. The minimum atomic E-state index is -1.07. The molecule has 0 bridgehead atoms. The molecule has 0 saturated carbocycles. The molecule has 1 aliphatic rings. The molecule has 0 radical (unpaired) electrons. The lowest BCUT2D eigenvalue weighted by molar-refractivity contribution is 0.387. The molecule has 0 amide bonds. The van der Waals surface area contributed by atoms with Crippen molar-refractivity contribution in [2.24, 2.45) is 0 Å². The number of ether oxygens (including phenoxy) is 1. The molecule has 1 fully saturated rings. The van der Waals surface area contributed by atoms with E-state index in [2.05, 4.69) is 319 Å². The van der Waals surface area contributed by atoms with Gasteiger partial charge in [0.1, 0.15) is 25.9 Å². The van der Waals surface area contributed by atoms with E-state index in [0.717, 1.165) is 0 Å². The van der Waals surface area contributed by atoms with Crippen LogP contribution >= 0.6 is 319 Å². The van der Waals surface area contributed by atoms with E-state index in [4.69, 9.17) is 4.74 Å². The Labute approximate surface area is 373 Å². The van der Waals surface area contributed by atoms with E-state index in [0.29, 0.717) is 13.0 Å². The predicted molar refractivity (Wildman–Crippen MR) is 226 cm³/mol. The first-order chi connectivity index (χ1) is 14.8. The Morgan fingerprint density at radius 1 is 0.486 bits per heavy atom. The number of hydrogen-bond acceptors (Lipinski definition) is 1. The van der Waals surface area contributed by atoms with E-state index in [9.17, 15) is 0 Å². The van der Waals surface area contributed by atoms with Crippen molar-refractivity contribution in [1.82, 2.24) is 0 Å². The number of halogens is 20. The van der Waals surface area contributed by atoms with Crippen molar-refractivity contribution in [2.75, 3.05) is 6.61 Å². The lowest BCUT2D eigenvalue weighted by Crippen LogP contribution is -2.70.